The maximum Gasteiger partial charge on any atom is 0.253 e. The second-order valence-electron chi connectivity index (χ2n) is 4.14. The third-order valence-electron chi connectivity index (χ3n) is 2.95. The van der Waals surface area contributed by atoms with Gasteiger partial charge in [-0.2, -0.15) is 0 Å². The van der Waals surface area contributed by atoms with Gasteiger partial charge in [-0.15, -0.1) is 0 Å². The third kappa shape index (κ3) is 4.17. The molecule has 1 rings (SSSR count). The Hall–Kier alpha value is -1.69. The summed E-state index contributed by atoms with van der Waals surface area (Å²) < 4.78 is 25.9. The predicted molar refractivity (Wildman–Crippen MR) is 70.9 cm³/mol. The second-order valence-corrected chi connectivity index (χ2v) is 4.14. The zero-order valence-corrected chi connectivity index (χ0v) is 11.2. The van der Waals surface area contributed by atoms with Crippen LogP contribution in [0.1, 0.15) is 24.2 Å². The van der Waals surface area contributed by atoms with Crippen LogP contribution < -0.4 is 11.1 Å². The van der Waals surface area contributed by atoms with Crippen molar-refractivity contribution in [3.8, 4) is 0 Å². The van der Waals surface area contributed by atoms with Crippen molar-refractivity contribution in [1.29, 1.82) is 0 Å². The van der Waals surface area contributed by atoms with Crippen molar-refractivity contribution in [3.05, 3.63) is 29.3 Å². The van der Waals surface area contributed by atoms with Crippen molar-refractivity contribution in [2.75, 3.05) is 31.9 Å². The number of nitrogens with one attached hydrogen (secondary N) is 1. The predicted octanol–water partition coefficient (Wildman–Crippen LogP) is 1.62. The summed E-state index contributed by atoms with van der Waals surface area (Å²) in [5.74, 6) is -2.64. The second kappa shape index (κ2) is 7.04. The Balaban J connectivity index is 2.61. The highest BCUT2D eigenvalue weighted by Crippen LogP contribution is 2.16. The normalized spacial score (nSPS) is 10.8. The lowest BCUT2D eigenvalue weighted by Gasteiger charge is -2.18. The first-order chi connectivity index (χ1) is 8.99. The molecule has 0 aliphatic rings. The number of anilines is 1. The Bertz CT molecular complexity index is 448. The molecule has 0 fully saturated rings. The summed E-state index contributed by atoms with van der Waals surface area (Å²) in [6.07, 6.45) is 0. The van der Waals surface area contributed by atoms with Gasteiger partial charge in [-0.05, 0) is 19.2 Å². The number of amides is 1. The van der Waals surface area contributed by atoms with Gasteiger partial charge in [0.15, 0.2) is 11.6 Å². The number of carbonyl (C=O) groups excluding carboxylic acids is 1. The van der Waals surface area contributed by atoms with Crippen molar-refractivity contribution in [3.63, 3.8) is 0 Å². The van der Waals surface area contributed by atoms with Gasteiger partial charge in [0.05, 0.1) is 5.56 Å². The quantitative estimate of drug-likeness (QED) is 0.773. The van der Waals surface area contributed by atoms with Crippen LogP contribution in [0, 0.1) is 11.6 Å². The molecule has 0 aromatic heterocycles. The number of nitrogens with zero attached hydrogens (tertiary/aromatic N) is 1. The number of likely N-dealkylation sites (N-methyl/N-ethyl adjacent to an activating group) is 1. The minimum absolute atomic E-state index is 0.0431. The Morgan fingerprint density at radius 3 is 2.42 bits per heavy atom. The Morgan fingerprint density at radius 1 is 1.26 bits per heavy atom. The SMILES string of the molecule is CCN(CC)CCNC(=O)c1cc(F)c(F)cc1N. The van der Waals surface area contributed by atoms with Gasteiger partial charge < -0.3 is 16.0 Å². The van der Waals surface area contributed by atoms with Gasteiger partial charge in [-0.1, -0.05) is 13.8 Å². The molecule has 106 valence electrons. The lowest BCUT2D eigenvalue weighted by Crippen LogP contribution is -2.35. The molecule has 1 amide bonds. The molecule has 1 aromatic carbocycles. The number of hydrogen-bond donors (Lipinski definition) is 2. The van der Waals surface area contributed by atoms with Crippen LogP contribution in [0.25, 0.3) is 0 Å². The molecule has 0 heterocycles. The zero-order valence-electron chi connectivity index (χ0n) is 11.2. The lowest BCUT2D eigenvalue weighted by atomic mass is 10.1. The maximum atomic E-state index is 13.1. The van der Waals surface area contributed by atoms with Gasteiger partial charge in [0.25, 0.3) is 5.91 Å². The number of hydrogen-bond acceptors (Lipinski definition) is 3. The van der Waals surface area contributed by atoms with E-state index in [0.29, 0.717) is 13.1 Å². The van der Waals surface area contributed by atoms with Crippen molar-refractivity contribution in [2.24, 2.45) is 0 Å². The van der Waals surface area contributed by atoms with Gasteiger partial charge >= 0.3 is 0 Å². The van der Waals surface area contributed by atoms with Gasteiger partial charge in [0, 0.05) is 24.8 Å². The fourth-order valence-corrected chi connectivity index (χ4v) is 1.72. The lowest BCUT2D eigenvalue weighted by molar-refractivity contribution is 0.0949. The van der Waals surface area contributed by atoms with E-state index in [9.17, 15) is 13.6 Å². The highest BCUT2D eigenvalue weighted by atomic mass is 19.2. The summed E-state index contributed by atoms with van der Waals surface area (Å²) in [7, 11) is 0. The summed E-state index contributed by atoms with van der Waals surface area (Å²) in [5, 5.41) is 2.64. The highest BCUT2D eigenvalue weighted by molar-refractivity contribution is 5.99. The summed E-state index contributed by atoms with van der Waals surface area (Å²) >= 11 is 0. The van der Waals surface area contributed by atoms with E-state index in [1.165, 1.54) is 0 Å². The number of carbonyl (C=O) groups is 1. The molecular formula is C13H19F2N3O. The molecule has 4 nitrogen and oxygen atoms in total. The van der Waals surface area contributed by atoms with Crippen molar-refractivity contribution in [1.82, 2.24) is 10.2 Å². The molecule has 3 N–H and O–H groups in total. The van der Waals surface area contributed by atoms with Crippen LogP contribution in [0.5, 0.6) is 0 Å². The maximum absolute atomic E-state index is 13.1. The molecule has 0 saturated carbocycles. The number of rotatable bonds is 6. The van der Waals surface area contributed by atoms with Crippen LogP contribution in [0.15, 0.2) is 12.1 Å². The van der Waals surface area contributed by atoms with E-state index in [-0.39, 0.29) is 11.3 Å². The van der Waals surface area contributed by atoms with Crippen LogP contribution in [0.4, 0.5) is 14.5 Å². The molecule has 0 bridgehead atoms. The van der Waals surface area contributed by atoms with E-state index in [0.717, 1.165) is 25.2 Å². The highest BCUT2D eigenvalue weighted by Gasteiger charge is 2.14. The van der Waals surface area contributed by atoms with Crippen LogP contribution in [-0.4, -0.2) is 37.0 Å². The van der Waals surface area contributed by atoms with Crippen LogP contribution in [-0.2, 0) is 0 Å². The summed E-state index contributed by atoms with van der Waals surface area (Å²) in [6, 6.07) is 1.63. The number of nitrogen functional groups attached to an aromatic ring is 1. The summed E-state index contributed by atoms with van der Waals surface area (Å²) in [5.41, 5.74) is 5.38. The molecule has 19 heavy (non-hydrogen) atoms. The summed E-state index contributed by atoms with van der Waals surface area (Å²) in [4.78, 5) is 13.9. The minimum atomic E-state index is -1.08. The first kappa shape index (κ1) is 15.4. The van der Waals surface area contributed by atoms with Gasteiger partial charge in [-0.25, -0.2) is 8.78 Å². The molecule has 0 aliphatic carbocycles. The first-order valence-electron chi connectivity index (χ1n) is 6.24. The van der Waals surface area contributed by atoms with Crippen molar-refractivity contribution >= 4 is 11.6 Å². The molecule has 6 heteroatoms. The number of halogens is 2. The molecule has 0 radical (unpaired) electrons. The van der Waals surface area contributed by atoms with Crippen molar-refractivity contribution in [2.45, 2.75) is 13.8 Å². The monoisotopic (exact) mass is 271 g/mol. The molecule has 1 aromatic rings. The molecule has 0 spiro atoms. The van der Waals surface area contributed by atoms with E-state index in [1.807, 2.05) is 13.8 Å². The number of benzene rings is 1. The fourth-order valence-electron chi connectivity index (χ4n) is 1.72. The smallest absolute Gasteiger partial charge is 0.253 e. The van der Waals surface area contributed by atoms with E-state index < -0.39 is 17.5 Å². The standard InChI is InChI=1S/C13H19F2N3O/c1-3-18(4-2)6-5-17-13(19)9-7-10(14)11(15)8-12(9)16/h7-8H,3-6,16H2,1-2H3,(H,17,19). The van der Waals surface area contributed by atoms with Gasteiger partial charge in [0.1, 0.15) is 0 Å². The minimum Gasteiger partial charge on any atom is -0.398 e. The molecule has 0 unspecified atom stereocenters. The number of nitrogens with two attached hydrogens (primary N) is 1. The zero-order chi connectivity index (χ0) is 14.4. The topological polar surface area (TPSA) is 58.4 Å². The Labute approximate surface area is 111 Å². The van der Waals surface area contributed by atoms with E-state index in [1.54, 1.807) is 0 Å². The fraction of sp³-hybridized carbons (Fsp3) is 0.462. The van der Waals surface area contributed by atoms with Gasteiger partial charge in [0.2, 0.25) is 0 Å². The molecule has 0 aliphatic heterocycles. The van der Waals surface area contributed by atoms with Crippen LogP contribution >= 0.6 is 0 Å². The largest absolute Gasteiger partial charge is 0.398 e. The van der Waals surface area contributed by atoms with E-state index in [4.69, 9.17) is 5.73 Å². The van der Waals surface area contributed by atoms with E-state index in [2.05, 4.69) is 10.2 Å². The van der Waals surface area contributed by atoms with Crippen LogP contribution in [0.2, 0.25) is 0 Å². The Kier molecular flexibility index (Phi) is 5.69. The summed E-state index contributed by atoms with van der Waals surface area (Å²) in [6.45, 7) is 6.96. The molecule has 0 atom stereocenters. The van der Waals surface area contributed by atoms with Crippen molar-refractivity contribution < 1.29 is 13.6 Å². The molecular weight excluding hydrogens is 252 g/mol. The first-order valence-corrected chi connectivity index (χ1v) is 6.24. The van der Waals surface area contributed by atoms with Gasteiger partial charge in [-0.3, -0.25) is 4.79 Å². The molecule has 0 saturated heterocycles. The van der Waals surface area contributed by atoms with E-state index >= 15 is 0 Å². The average molecular weight is 271 g/mol. The van der Waals surface area contributed by atoms with Crippen LogP contribution in [0.3, 0.4) is 0 Å². The Morgan fingerprint density at radius 2 is 1.84 bits per heavy atom. The average Bonchev–Trinajstić information content (AvgIpc) is 2.38. The third-order valence-corrected chi connectivity index (χ3v) is 2.95.